The third kappa shape index (κ3) is 6.60. The van der Waals surface area contributed by atoms with Crippen LogP contribution in [0, 0.1) is 0 Å². The van der Waals surface area contributed by atoms with Crippen LogP contribution in [0.25, 0.3) is 0 Å². The maximum absolute atomic E-state index is 6.07. The van der Waals surface area contributed by atoms with Crippen molar-refractivity contribution in [2.45, 2.75) is 39.7 Å². The summed E-state index contributed by atoms with van der Waals surface area (Å²) in [5.74, 6) is 0.862. The van der Waals surface area contributed by atoms with Crippen molar-refractivity contribution < 1.29 is 14.8 Å². The molecule has 114 valence electrons. The molecule has 0 saturated heterocycles. The van der Waals surface area contributed by atoms with Crippen molar-refractivity contribution in [1.82, 2.24) is 0 Å². The third-order valence-electron chi connectivity index (χ3n) is 3.37. The van der Waals surface area contributed by atoms with E-state index in [-0.39, 0.29) is 0 Å². The molecule has 0 radical (unpaired) electrons. The highest BCUT2D eigenvalue weighted by Gasteiger charge is 2.02. The SMILES string of the molecule is CCc1cc(OCCOCC[NH2+][C@H](C)CC)ccc1Cl. The van der Waals surface area contributed by atoms with Crippen molar-refractivity contribution in [3.8, 4) is 5.75 Å². The van der Waals surface area contributed by atoms with Crippen LogP contribution in [0.1, 0.15) is 32.8 Å². The van der Waals surface area contributed by atoms with Crippen LogP contribution in [0.3, 0.4) is 0 Å². The fraction of sp³-hybridized carbons (Fsp3) is 0.625. The second-order valence-corrected chi connectivity index (χ2v) is 5.38. The molecule has 2 N–H and O–H groups in total. The van der Waals surface area contributed by atoms with Crippen molar-refractivity contribution in [2.24, 2.45) is 0 Å². The number of quaternary nitrogens is 1. The van der Waals surface area contributed by atoms with Gasteiger partial charge in [-0.25, -0.2) is 0 Å². The first-order valence-electron chi connectivity index (χ1n) is 7.49. The van der Waals surface area contributed by atoms with Gasteiger partial charge in [0.2, 0.25) is 0 Å². The monoisotopic (exact) mass is 300 g/mol. The molecule has 1 atom stereocenters. The van der Waals surface area contributed by atoms with Crippen LogP contribution in [0.15, 0.2) is 18.2 Å². The first-order valence-corrected chi connectivity index (χ1v) is 7.87. The lowest BCUT2D eigenvalue weighted by Gasteiger charge is -2.10. The molecule has 0 aliphatic heterocycles. The largest absolute Gasteiger partial charge is 0.491 e. The number of benzene rings is 1. The van der Waals surface area contributed by atoms with Crippen LogP contribution in [0.4, 0.5) is 0 Å². The van der Waals surface area contributed by atoms with E-state index in [2.05, 4.69) is 26.1 Å². The molecule has 4 heteroatoms. The van der Waals surface area contributed by atoms with Crippen LogP contribution in [-0.4, -0.2) is 32.4 Å². The van der Waals surface area contributed by atoms with Gasteiger partial charge in [-0.15, -0.1) is 0 Å². The van der Waals surface area contributed by atoms with E-state index in [0.717, 1.165) is 35.9 Å². The second kappa shape index (κ2) is 10.0. The van der Waals surface area contributed by atoms with Crippen LogP contribution < -0.4 is 10.1 Å². The minimum atomic E-state index is 0.577. The Morgan fingerprint density at radius 2 is 2.00 bits per heavy atom. The van der Waals surface area contributed by atoms with Gasteiger partial charge in [-0.2, -0.15) is 0 Å². The van der Waals surface area contributed by atoms with E-state index in [4.69, 9.17) is 21.1 Å². The highest BCUT2D eigenvalue weighted by molar-refractivity contribution is 6.31. The van der Waals surface area contributed by atoms with Crippen molar-refractivity contribution in [3.63, 3.8) is 0 Å². The molecule has 0 spiro atoms. The summed E-state index contributed by atoms with van der Waals surface area (Å²) in [7, 11) is 0. The van der Waals surface area contributed by atoms with Gasteiger partial charge in [-0.3, -0.25) is 0 Å². The zero-order valence-corrected chi connectivity index (χ0v) is 13.6. The summed E-state index contributed by atoms with van der Waals surface area (Å²) in [5.41, 5.74) is 1.12. The zero-order valence-electron chi connectivity index (χ0n) is 12.8. The Hall–Kier alpha value is -0.770. The highest BCUT2D eigenvalue weighted by atomic mass is 35.5. The Bertz CT molecular complexity index is 385. The van der Waals surface area contributed by atoms with Gasteiger partial charge in [0.05, 0.1) is 25.8 Å². The molecule has 0 aliphatic carbocycles. The average Bonchev–Trinajstić information content (AvgIpc) is 2.47. The molecule has 3 nitrogen and oxygen atoms in total. The van der Waals surface area contributed by atoms with E-state index in [9.17, 15) is 0 Å². The molecule has 20 heavy (non-hydrogen) atoms. The van der Waals surface area contributed by atoms with Crippen LogP contribution >= 0.6 is 11.6 Å². The Morgan fingerprint density at radius 1 is 1.20 bits per heavy atom. The predicted molar refractivity (Wildman–Crippen MR) is 83.7 cm³/mol. The van der Waals surface area contributed by atoms with Gasteiger partial charge in [-0.05, 0) is 43.5 Å². The van der Waals surface area contributed by atoms with Crippen LogP contribution in [0.2, 0.25) is 5.02 Å². The molecule has 0 unspecified atom stereocenters. The third-order valence-corrected chi connectivity index (χ3v) is 3.74. The van der Waals surface area contributed by atoms with Gasteiger partial charge in [0.1, 0.15) is 12.4 Å². The van der Waals surface area contributed by atoms with Gasteiger partial charge < -0.3 is 14.8 Å². The quantitative estimate of drug-likeness (QED) is 0.674. The van der Waals surface area contributed by atoms with E-state index >= 15 is 0 Å². The van der Waals surface area contributed by atoms with Gasteiger partial charge in [0.15, 0.2) is 0 Å². The summed E-state index contributed by atoms with van der Waals surface area (Å²) in [5, 5.41) is 3.12. The number of rotatable bonds is 10. The minimum Gasteiger partial charge on any atom is -0.491 e. The number of hydrogen-bond donors (Lipinski definition) is 1. The van der Waals surface area contributed by atoms with Gasteiger partial charge in [-0.1, -0.05) is 25.4 Å². The number of aryl methyl sites for hydroxylation is 1. The number of ether oxygens (including phenoxy) is 2. The summed E-state index contributed by atoms with van der Waals surface area (Å²) in [6, 6.07) is 6.46. The highest BCUT2D eigenvalue weighted by Crippen LogP contribution is 2.22. The lowest BCUT2D eigenvalue weighted by molar-refractivity contribution is -0.687. The molecule has 0 bridgehead atoms. The lowest BCUT2D eigenvalue weighted by Crippen LogP contribution is -2.90. The molecule has 1 aromatic carbocycles. The fourth-order valence-corrected chi connectivity index (χ4v) is 2.09. The average molecular weight is 301 g/mol. The molecule has 0 aromatic heterocycles. The molecule has 0 aliphatic rings. The smallest absolute Gasteiger partial charge is 0.119 e. The lowest BCUT2D eigenvalue weighted by atomic mass is 10.1. The first-order chi connectivity index (χ1) is 9.67. The molecule has 0 amide bonds. The van der Waals surface area contributed by atoms with Gasteiger partial charge in [0, 0.05) is 5.02 Å². The summed E-state index contributed by atoms with van der Waals surface area (Å²) < 4.78 is 11.2. The number of halogens is 1. The molecule has 0 saturated carbocycles. The summed E-state index contributed by atoms with van der Waals surface area (Å²) >= 11 is 6.07. The normalized spacial score (nSPS) is 12.4. The maximum Gasteiger partial charge on any atom is 0.119 e. The Kier molecular flexibility index (Phi) is 8.67. The van der Waals surface area contributed by atoms with E-state index in [1.165, 1.54) is 6.42 Å². The fourth-order valence-electron chi connectivity index (χ4n) is 1.83. The second-order valence-electron chi connectivity index (χ2n) is 4.98. The minimum absolute atomic E-state index is 0.577. The topological polar surface area (TPSA) is 35.1 Å². The standard InChI is InChI=1S/C16H26ClNO2/c1-4-13(3)18-8-9-19-10-11-20-15-6-7-16(17)14(5-2)12-15/h6-7,12-13,18H,4-5,8-11H2,1-3H3/p+1/t13-/m1/s1. The zero-order chi connectivity index (χ0) is 14.8. The summed E-state index contributed by atoms with van der Waals surface area (Å²) in [4.78, 5) is 0. The van der Waals surface area contributed by atoms with E-state index in [0.29, 0.717) is 19.3 Å². The molecule has 0 heterocycles. The maximum atomic E-state index is 6.07. The Labute approximate surface area is 127 Å². The summed E-state index contributed by atoms with van der Waals surface area (Å²) in [6.45, 7) is 9.50. The molecular formula is C16H27ClNO2+. The van der Waals surface area contributed by atoms with Crippen molar-refractivity contribution in [3.05, 3.63) is 28.8 Å². The summed E-state index contributed by atoms with van der Waals surface area (Å²) in [6.07, 6.45) is 2.11. The van der Waals surface area contributed by atoms with Crippen LogP contribution in [0.5, 0.6) is 5.75 Å². The van der Waals surface area contributed by atoms with E-state index < -0.39 is 0 Å². The molecule has 0 fully saturated rings. The Balaban J connectivity index is 2.12. The van der Waals surface area contributed by atoms with Gasteiger partial charge in [0.25, 0.3) is 0 Å². The van der Waals surface area contributed by atoms with E-state index in [1.54, 1.807) is 0 Å². The first kappa shape index (κ1) is 17.3. The molecule has 1 aromatic rings. The molecule has 1 rings (SSSR count). The van der Waals surface area contributed by atoms with E-state index in [1.807, 2.05) is 18.2 Å². The van der Waals surface area contributed by atoms with Crippen LogP contribution in [-0.2, 0) is 11.2 Å². The number of hydrogen-bond acceptors (Lipinski definition) is 2. The predicted octanol–water partition coefficient (Wildman–Crippen LogP) is 2.66. The Morgan fingerprint density at radius 3 is 2.70 bits per heavy atom. The van der Waals surface area contributed by atoms with Crippen molar-refractivity contribution in [2.75, 3.05) is 26.4 Å². The molecular weight excluding hydrogens is 274 g/mol. The van der Waals surface area contributed by atoms with Gasteiger partial charge >= 0.3 is 0 Å². The van der Waals surface area contributed by atoms with Crippen molar-refractivity contribution in [1.29, 1.82) is 0 Å². The number of nitrogens with two attached hydrogens (primary N) is 1. The van der Waals surface area contributed by atoms with Crippen molar-refractivity contribution >= 4 is 11.6 Å².